The Bertz CT molecular complexity index is 1680. The van der Waals surface area contributed by atoms with E-state index in [1.165, 1.54) is 289 Å². The van der Waals surface area contributed by atoms with Gasteiger partial charge in [0.25, 0.3) is 0 Å². The molecule has 0 heterocycles. The second kappa shape index (κ2) is 72.8. The third-order valence-corrected chi connectivity index (χ3v) is 17.8. The number of carbonyl (C=O) groups excluding carboxylic acids is 3. The van der Waals surface area contributed by atoms with Gasteiger partial charge in [-0.05, 0) is 57.8 Å². The summed E-state index contributed by atoms with van der Waals surface area (Å²) in [6, 6.07) is 0. The van der Waals surface area contributed by atoms with Crippen molar-refractivity contribution in [1.82, 2.24) is 0 Å². The van der Waals surface area contributed by atoms with Gasteiger partial charge in [0, 0.05) is 12.8 Å². The maximum absolute atomic E-state index is 13.0. The largest absolute Gasteiger partial charge is 0.545 e. The Labute approximate surface area is 565 Å². The summed E-state index contributed by atoms with van der Waals surface area (Å²) in [7, 11) is 5.95. The van der Waals surface area contributed by atoms with Gasteiger partial charge >= 0.3 is 11.9 Å². The molecule has 0 amide bonds. The van der Waals surface area contributed by atoms with E-state index in [1.54, 1.807) is 0 Å². The van der Waals surface area contributed by atoms with Crippen molar-refractivity contribution in [1.29, 1.82) is 0 Å². The van der Waals surface area contributed by atoms with Crippen molar-refractivity contribution in [3.63, 3.8) is 0 Å². The van der Waals surface area contributed by atoms with Crippen LogP contribution in [0.2, 0.25) is 0 Å². The molecule has 0 aliphatic rings. The predicted octanol–water partition coefficient (Wildman–Crippen LogP) is 23.7. The Hall–Kier alpha value is -3.01. The normalized spacial score (nSPS) is 12.9. The molecule has 0 spiro atoms. The van der Waals surface area contributed by atoms with Crippen LogP contribution < -0.4 is 5.11 Å². The van der Waals surface area contributed by atoms with Gasteiger partial charge in [-0.1, -0.05) is 376 Å². The molecule has 0 bridgehead atoms. The summed E-state index contributed by atoms with van der Waals surface area (Å²) >= 11 is 0. The van der Waals surface area contributed by atoms with E-state index in [0.717, 1.165) is 70.6 Å². The second-order valence-electron chi connectivity index (χ2n) is 28.0. The fraction of sp³-hybridized carbons (Fsp3) is 0.841. The fourth-order valence-electron chi connectivity index (χ4n) is 11.8. The lowest BCUT2D eigenvalue weighted by Gasteiger charge is -2.26. The Balaban J connectivity index is 3.97. The van der Waals surface area contributed by atoms with Gasteiger partial charge in [-0.3, -0.25) is 9.59 Å². The molecule has 2 unspecified atom stereocenters. The monoisotopic (exact) mass is 1280 g/mol. The first-order valence-corrected chi connectivity index (χ1v) is 39.4. The van der Waals surface area contributed by atoms with Crippen LogP contribution in [0.4, 0.5) is 0 Å². The number of esters is 2. The molecule has 0 aromatic heterocycles. The van der Waals surface area contributed by atoms with Gasteiger partial charge < -0.3 is 33.3 Å². The summed E-state index contributed by atoms with van der Waals surface area (Å²) in [6.07, 6.45) is 93.4. The van der Waals surface area contributed by atoms with E-state index >= 15 is 0 Å². The summed E-state index contributed by atoms with van der Waals surface area (Å²) in [5.74, 6) is -2.25. The zero-order valence-corrected chi connectivity index (χ0v) is 61.0. The van der Waals surface area contributed by atoms with E-state index < -0.39 is 24.3 Å². The number of carboxylic acid groups (broad SMARTS) is 1. The summed E-state index contributed by atoms with van der Waals surface area (Å²) in [4.78, 5) is 37.6. The molecule has 532 valence electrons. The van der Waals surface area contributed by atoms with E-state index in [1.807, 2.05) is 21.1 Å². The minimum absolute atomic E-state index is 0.151. The highest BCUT2D eigenvalue weighted by Crippen LogP contribution is 2.20. The number of unbranched alkanes of at least 4 members (excludes halogenated alkanes) is 49. The van der Waals surface area contributed by atoms with E-state index in [9.17, 15) is 19.5 Å². The standard InChI is InChI=1S/C82H151NO8/c1-6-8-10-12-14-16-18-20-22-24-26-28-30-32-34-35-36-37-38-39-40-41-42-43-44-45-47-49-51-53-55-57-59-61-63-65-67-69-71-73-80(85)91-78(77-90-82(81(86)87)88-75-74-83(3,4)5)76-89-79(84)72-70-68-66-64-62-60-58-56-54-52-50-48-46-33-31-29-27-25-23-21-19-17-15-13-11-9-7-2/h8,10,14,16,20,22,26,28,32,34,78,82H,6-7,9,11-13,15,17-19,21,23-25,27,29-31,33,35-77H2,1-5H3/b10-8-,16-14-,22-20-,28-26-,34-32-. The van der Waals surface area contributed by atoms with Crippen LogP contribution in [0.25, 0.3) is 0 Å². The van der Waals surface area contributed by atoms with Gasteiger partial charge in [-0.15, -0.1) is 0 Å². The third kappa shape index (κ3) is 74.3. The average Bonchev–Trinajstić information content (AvgIpc) is 3.46. The van der Waals surface area contributed by atoms with Crippen molar-refractivity contribution in [3.8, 4) is 0 Å². The van der Waals surface area contributed by atoms with Gasteiger partial charge in [0.1, 0.15) is 13.2 Å². The summed E-state index contributed by atoms with van der Waals surface area (Å²) < 4.78 is 22.9. The number of allylic oxidation sites excluding steroid dienone is 10. The molecule has 91 heavy (non-hydrogen) atoms. The van der Waals surface area contributed by atoms with Gasteiger partial charge in [-0.25, -0.2) is 0 Å². The van der Waals surface area contributed by atoms with Crippen LogP contribution in [0.5, 0.6) is 0 Å². The molecule has 0 aliphatic carbocycles. The van der Waals surface area contributed by atoms with Crippen LogP contribution in [-0.4, -0.2) is 82.3 Å². The molecule has 0 saturated carbocycles. The Morgan fingerprint density at radius 2 is 0.626 bits per heavy atom. The molecular weight excluding hydrogens is 1130 g/mol. The lowest BCUT2D eigenvalue weighted by molar-refractivity contribution is -0.870. The maximum atomic E-state index is 13.0. The minimum Gasteiger partial charge on any atom is -0.545 e. The van der Waals surface area contributed by atoms with Crippen LogP contribution in [0, 0.1) is 0 Å². The molecular formula is C82H151NO8. The molecule has 0 N–H and O–H groups in total. The molecule has 2 atom stereocenters. The predicted molar refractivity (Wildman–Crippen MR) is 389 cm³/mol. The number of hydrogen-bond acceptors (Lipinski definition) is 8. The zero-order valence-electron chi connectivity index (χ0n) is 61.0. The highest BCUT2D eigenvalue weighted by Gasteiger charge is 2.22. The van der Waals surface area contributed by atoms with Crippen molar-refractivity contribution in [3.05, 3.63) is 60.8 Å². The molecule has 9 heteroatoms. The van der Waals surface area contributed by atoms with Gasteiger partial charge in [0.15, 0.2) is 12.4 Å². The molecule has 0 aliphatic heterocycles. The van der Waals surface area contributed by atoms with Crippen LogP contribution in [0.1, 0.15) is 386 Å². The van der Waals surface area contributed by atoms with Crippen LogP contribution >= 0.6 is 0 Å². The van der Waals surface area contributed by atoms with Crippen LogP contribution in [0.3, 0.4) is 0 Å². The van der Waals surface area contributed by atoms with E-state index in [4.69, 9.17) is 18.9 Å². The Morgan fingerprint density at radius 1 is 0.341 bits per heavy atom. The topological polar surface area (TPSA) is 111 Å². The van der Waals surface area contributed by atoms with Gasteiger partial charge in [-0.2, -0.15) is 0 Å². The number of quaternary nitrogens is 1. The molecule has 0 aromatic rings. The van der Waals surface area contributed by atoms with Crippen molar-refractivity contribution in [2.45, 2.75) is 399 Å². The number of carboxylic acids is 1. The van der Waals surface area contributed by atoms with Crippen LogP contribution in [0.15, 0.2) is 60.8 Å². The van der Waals surface area contributed by atoms with Crippen molar-refractivity contribution < 1.29 is 42.9 Å². The first kappa shape index (κ1) is 88.0. The average molecular weight is 1280 g/mol. The van der Waals surface area contributed by atoms with Gasteiger partial charge in [0.2, 0.25) is 0 Å². The number of hydrogen-bond donors (Lipinski definition) is 0. The lowest BCUT2D eigenvalue weighted by atomic mass is 10.0. The SMILES string of the molecule is CC/C=C\C/C=C\C/C=C\C/C=C\C/C=C\CCCCCCCCCCCCCCCCCCCCCCCCCC(=O)OC(COC(=O)CCCCCCCCCCCCCCCCCCCCCCCCCCCCC)COC(OCC[N+](C)(C)C)C(=O)[O-]. The molecule has 9 nitrogen and oxygen atoms in total. The van der Waals surface area contributed by atoms with Crippen LogP contribution in [-0.2, 0) is 33.3 Å². The second-order valence-corrected chi connectivity index (χ2v) is 28.0. The zero-order chi connectivity index (χ0) is 66.1. The number of ether oxygens (including phenoxy) is 4. The number of rotatable bonds is 74. The summed E-state index contributed by atoms with van der Waals surface area (Å²) in [5.41, 5.74) is 0. The van der Waals surface area contributed by atoms with Crippen molar-refractivity contribution in [2.24, 2.45) is 0 Å². The van der Waals surface area contributed by atoms with Gasteiger partial charge in [0.05, 0.1) is 40.3 Å². The number of likely N-dealkylation sites (N-methyl/N-ethyl adjacent to an activating group) is 1. The maximum Gasteiger partial charge on any atom is 0.306 e. The smallest absolute Gasteiger partial charge is 0.306 e. The summed E-state index contributed by atoms with van der Waals surface area (Å²) in [5, 5.41) is 11.9. The highest BCUT2D eigenvalue weighted by molar-refractivity contribution is 5.70. The Kier molecular flexibility index (Phi) is 70.4. The highest BCUT2D eigenvalue weighted by atomic mass is 16.7. The quantitative estimate of drug-likeness (QED) is 0.0195. The van der Waals surface area contributed by atoms with E-state index in [0.29, 0.717) is 17.4 Å². The molecule has 0 fully saturated rings. The number of aliphatic carboxylic acids is 1. The number of carbonyl (C=O) groups is 3. The fourth-order valence-corrected chi connectivity index (χ4v) is 11.8. The summed E-state index contributed by atoms with van der Waals surface area (Å²) in [6.45, 7) is 4.71. The van der Waals surface area contributed by atoms with Crippen molar-refractivity contribution >= 4 is 17.9 Å². The third-order valence-electron chi connectivity index (χ3n) is 17.8. The van der Waals surface area contributed by atoms with E-state index in [2.05, 4.69) is 74.6 Å². The Morgan fingerprint density at radius 3 is 0.934 bits per heavy atom. The molecule has 0 saturated heterocycles. The van der Waals surface area contributed by atoms with Crippen molar-refractivity contribution in [2.75, 3.05) is 47.5 Å². The first-order chi connectivity index (χ1) is 44.6. The minimum atomic E-state index is -1.62. The first-order valence-electron chi connectivity index (χ1n) is 39.4. The number of nitrogens with zero attached hydrogens (tertiary/aromatic N) is 1. The molecule has 0 rings (SSSR count). The lowest BCUT2D eigenvalue weighted by Crippen LogP contribution is -2.44. The van der Waals surface area contributed by atoms with E-state index in [-0.39, 0.29) is 32.2 Å². The molecule has 0 aromatic carbocycles. The molecule has 0 radical (unpaired) electrons.